The summed E-state index contributed by atoms with van der Waals surface area (Å²) in [7, 11) is 0. The Morgan fingerprint density at radius 2 is 2.16 bits per heavy atom. The van der Waals surface area contributed by atoms with E-state index in [-0.39, 0.29) is 0 Å². The normalized spacial score (nSPS) is 10.5. The number of hydrogen-bond acceptors (Lipinski definition) is 3. The summed E-state index contributed by atoms with van der Waals surface area (Å²) >= 11 is 9.48. The second kappa shape index (κ2) is 6.89. The molecule has 2 aromatic rings. The van der Waals surface area contributed by atoms with Crippen molar-refractivity contribution in [1.82, 2.24) is 10.3 Å². The summed E-state index contributed by atoms with van der Waals surface area (Å²) in [6.07, 6.45) is 1.73. The molecule has 3 nitrogen and oxygen atoms in total. The Bertz CT molecular complexity index is 563. The van der Waals surface area contributed by atoms with Crippen molar-refractivity contribution in [3.63, 3.8) is 0 Å². The Morgan fingerprint density at radius 1 is 1.32 bits per heavy atom. The first kappa shape index (κ1) is 14.3. The second-order valence-electron chi connectivity index (χ2n) is 3.94. The van der Waals surface area contributed by atoms with Gasteiger partial charge in [0, 0.05) is 23.3 Å². The molecule has 0 spiro atoms. The lowest BCUT2D eigenvalue weighted by molar-refractivity contribution is 0.480. The maximum atomic E-state index is 6.12. The molecule has 1 heterocycles. The highest BCUT2D eigenvalue weighted by Crippen LogP contribution is 2.31. The standard InChI is InChI=1S/C14H14BrClN2O/c1-2-17-9-11-8-12(5-6-18-11)19-14-4-3-10(15)7-13(14)16/h3-8,17H,2,9H2,1H3. The predicted octanol–water partition coefficient (Wildman–Crippen LogP) is 4.40. The van der Waals surface area contributed by atoms with E-state index in [1.165, 1.54) is 0 Å². The Balaban J connectivity index is 2.14. The average molecular weight is 342 g/mol. The third-order valence-corrected chi connectivity index (χ3v) is 3.25. The van der Waals surface area contributed by atoms with E-state index in [0.29, 0.717) is 10.8 Å². The average Bonchev–Trinajstić information content (AvgIpc) is 2.40. The minimum absolute atomic E-state index is 0.569. The van der Waals surface area contributed by atoms with Crippen molar-refractivity contribution in [3.8, 4) is 11.5 Å². The van der Waals surface area contributed by atoms with Crippen molar-refractivity contribution in [2.45, 2.75) is 13.5 Å². The van der Waals surface area contributed by atoms with Gasteiger partial charge in [0.05, 0.1) is 10.7 Å². The van der Waals surface area contributed by atoms with E-state index in [2.05, 4.69) is 33.2 Å². The van der Waals surface area contributed by atoms with Gasteiger partial charge in [-0.1, -0.05) is 34.5 Å². The highest BCUT2D eigenvalue weighted by molar-refractivity contribution is 9.10. The van der Waals surface area contributed by atoms with Crippen LogP contribution in [0.4, 0.5) is 0 Å². The molecule has 0 fully saturated rings. The summed E-state index contributed by atoms with van der Waals surface area (Å²) in [4.78, 5) is 4.27. The molecule has 0 atom stereocenters. The molecule has 2 rings (SSSR count). The summed E-state index contributed by atoms with van der Waals surface area (Å²) in [6, 6.07) is 9.24. The van der Waals surface area contributed by atoms with E-state index in [4.69, 9.17) is 16.3 Å². The van der Waals surface area contributed by atoms with Gasteiger partial charge in [0.1, 0.15) is 11.5 Å². The van der Waals surface area contributed by atoms with Crippen LogP contribution in [0.25, 0.3) is 0 Å². The molecule has 0 aliphatic heterocycles. The van der Waals surface area contributed by atoms with Gasteiger partial charge < -0.3 is 10.1 Å². The van der Waals surface area contributed by atoms with Gasteiger partial charge in [-0.15, -0.1) is 0 Å². The SMILES string of the molecule is CCNCc1cc(Oc2ccc(Br)cc2Cl)ccn1. The fourth-order valence-corrected chi connectivity index (χ4v) is 2.27. The molecule has 100 valence electrons. The summed E-state index contributed by atoms with van der Waals surface area (Å²) in [5, 5.41) is 3.79. The maximum absolute atomic E-state index is 6.12. The summed E-state index contributed by atoms with van der Waals surface area (Å²) in [5.41, 5.74) is 0.938. The first-order chi connectivity index (χ1) is 9.19. The van der Waals surface area contributed by atoms with Gasteiger partial charge in [0.15, 0.2) is 0 Å². The van der Waals surface area contributed by atoms with Crippen molar-refractivity contribution < 1.29 is 4.74 Å². The molecule has 1 N–H and O–H groups in total. The van der Waals surface area contributed by atoms with Crippen LogP contribution in [0.1, 0.15) is 12.6 Å². The van der Waals surface area contributed by atoms with Crippen molar-refractivity contribution in [1.29, 1.82) is 0 Å². The molecule has 0 radical (unpaired) electrons. The molecule has 0 bridgehead atoms. The van der Waals surface area contributed by atoms with Crippen LogP contribution in [0.15, 0.2) is 41.0 Å². The predicted molar refractivity (Wildman–Crippen MR) is 80.8 cm³/mol. The number of benzene rings is 1. The first-order valence-corrected chi connectivity index (χ1v) is 7.14. The van der Waals surface area contributed by atoms with Crippen molar-refractivity contribution in [2.24, 2.45) is 0 Å². The zero-order valence-corrected chi connectivity index (χ0v) is 12.8. The topological polar surface area (TPSA) is 34.1 Å². The number of aromatic nitrogens is 1. The molecule has 19 heavy (non-hydrogen) atoms. The molecular weight excluding hydrogens is 328 g/mol. The van der Waals surface area contributed by atoms with Crippen molar-refractivity contribution in [2.75, 3.05) is 6.54 Å². The van der Waals surface area contributed by atoms with Gasteiger partial charge in [0.25, 0.3) is 0 Å². The monoisotopic (exact) mass is 340 g/mol. The van der Waals surface area contributed by atoms with E-state index in [1.54, 1.807) is 12.3 Å². The molecule has 0 saturated heterocycles. The van der Waals surface area contributed by atoms with Crippen molar-refractivity contribution >= 4 is 27.5 Å². The number of halogens is 2. The number of ether oxygens (including phenoxy) is 1. The van der Waals surface area contributed by atoms with Crippen LogP contribution in [-0.2, 0) is 6.54 Å². The molecule has 0 aliphatic carbocycles. The largest absolute Gasteiger partial charge is 0.456 e. The van der Waals surface area contributed by atoms with E-state index >= 15 is 0 Å². The maximum Gasteiger partial charge on any atom is 0.146 e. The molecular formula is C14H14BrClN2O. The van der Waals surface area contributed by atoms with Gasteiger partial charge in [-0.05, 0) is 30.8 Å². The Labute approximate surface area is 126 Å². The molecule has 1 aromatic heterocycles. The summed E-state index contributed by atoms with van der Waals surface area (Å²) in [6.45, 7) is 3.69. The molecule has 0 unspecified atom stereocenters. The Hall–Kier alpha value is -1.10. The molecule has 0 amide bonds. The van der Waals surface area contributed by atoms with Crippen LogP contribution in [0.5, 0.6) is 11.5 Å². The van der Waals surface area contributed by atoms with Crippen LogP contribution in [0.3, 0.4) is 0 Å². The van der Waals surface area contributed by atoms with Crippen molar-refractivity contribution in [3.05, 3.63) is 51.7 Å². The first-order valence-electron chi connectivity index (χ1n) is 5.97. The quantitative estimate of drug-likeness (QED) is 0.875. The van der Waals surface area contributed by atoms with Crippen LogP contribution in [0.2, 0.25) is 5.02 Å². The van der Waals surface area contributed by atoms with Crippen LogP contribution >= 0.6 is 27.5 Å². The van der Waals surface area contributed by atoms with Gasteiger partial charge in [0.2, 0.25) is 0 Å². The lowest BCUT2D eigenvalue weighted by Crippen LogP contribution is -2.12. The summed E-state index contributed by atoms with van der Waals surface area (Å²) in [5.74, 6) is 1.36. The fraction of sp³-hybridized carbons (Fsp3) is 0.214. The number of hydrogen-bond donors (Lipinski definition) is 1. The van der Waals surface area contributed by atoms with Gasteiger partial charge in [-0.2, -0.15) is 0 Å². The van der Waals surface area contributed by atoms with Crippen LogP contribution < -0.4 is 10.1 Å². The lowest BCUT2D eigenvalue weighted by Gasteiger charge is -2.09. The van der Waals surface area contributed by atoms with Gasteiger partial charge >= 0.3 is 0 Å². The Kier molecular flexibility index (Phi) is 5.19. The van der Waals surface area contributed by atoms with E-state index in [1.807, 2.05) is 24.3 Å². The highest BCUT2D eigenvalue weighted by Gasteiger charge is 2.05. The number of rotatable bonds is 5. The number of nitrogens with one attached hydrogen (secondary N) is 1. The zero-order chi connectivity index (χ0) is 13.7. The second-order valence-corrected chi connectivity index (χ2v) is 5.26. The third-order valence-electron chi connectivity index (χ3n) is 2.47. The minimum atomic E-state index is 0.569. The zero-order valence-electron chi connectivity index (χ0n) is 10.5. The van der Waals surface area contributed by atoms with Crippen LogP contribution in [0, 0.1) is 0 Å². The molecule has 5 heteroatoms. The van der Waals surface area contributed by atoms with Crippen LogP contribution in [-0.4, -0.2) is 11.5 Å². The highest BCUT2D eigenvalue weighted by atomic mass is 79.9. The van der Waals surface area contributed by atoms with Gasteiger partial charge in [-0.25, -0.2) is 0 Å². The smallest absolute Gasteiger partial charge is 0.146 e. The summed E-state index contributed by atoms with van der Waals surface area (Å²) < 4.78 is 6.69. The van der Waals surface area contributed by atoms with Gasteiger partial charge in [-0.3, -0.25) is 4.98 Å². The van der Waals surface area contributed by atoms with E-state index in [9.17, 15) is 0 Å². The minimum Gasteiger partial charge on any atom is -0.456 e. The molecule has 0 aliphatic rings. The lowest BCUT2D eigenvalue weighted by atomic mass is 10.3. The fourth-order valence-electron chi connectivity index (χ4n) is 1.55. The van der Waals surface area contributed by atoms with E-state index in [0.717, 1.165) is 29.0 Å². The molecule has 1 aromatic carbocycles. The molecule has 0 saturated carbocycles. The third kappa shape index (κ3) is 4.20. The van der Waals surface area contributed by atoms with E-state index < -0.39 is 0 Å². The number of pyridine rings is 1. The number of nitrogens with zero attached hydrogens (tertiary/aromatic N) is 1. The Morgan fingerprint density at radius 3 is 2.89 bits per heavy atom.